The van der Waals surface area contributed by atoms with Crippen molar-refractivity contribution >= 4 is 29.2 Å². The van der Waals surface area contributed by atoms with Gasteiger partial charge in [-0.15, -0.1) is 0 Å². The minimum absolute atomic E-state index is 0.0209. The Morgan fingerprint density at radius 1 is 1.41 bits per heavy atom. The summed E-state index contributed by atoms with van der Waals surface area (Å²) in [6.07, 6.45) is 5.73. The second-order valence-electron chi connectivity index (χ2n) is 8.33. The third kappa shape index (κ3) is 4.58. The van der Waals surface area contributed by atoms with Gasteiger partial charge in [0, 0.05) is 49.9 Å². The summed E-state index contributed by atoms with van der Waals surface area (Å²) >= 11 is 0. The Balaban J connectivity index is 1.61. The largest absolute Gasteiger partial charge is 0.396 e. The molecule has 1 aliphatic carbocycles. The van der Waals surface area contributed by atoms with Crippen LogP contribution in [-0.4, -0.2) is 58.2 Å². The molecule has 0 aromatic carbocycles. The Hall–Kier alpha value is -3.44. The van der Waals surface area contributed by atoms with Crippen molar-refractivity contribution in [3.63, 3.8) is 0 Å². The predicted octanol–water partition coefficient (Wildman–Crippen LogP) is 3.03. The fourth-order valence-electron chi connectivity index (χ4n) is 4.16. The molecule has 8 nitrogen and oxygen atoms in total. The Bertz CT molecular complexity index is 1060. The molecule has 0 radical (unpaired) electrons. The van der Waals surface area contributed by atoms with E-state index in [2.05, 4.69) is 27.8 Å². The molecular weight excluding hydrogens is 404 g/mol. The van der Waals surface area contributed by atoms with Gasteiger partial charge in [-0.05, 0) is 44.0 Å². The van der Waals surface area contributed by atoms with Crippen LogP contribution in [0.25, 0.3) is 6.08 Å². The van der Waals surface area contributed by atoms with E-state index < -0.39 is 0 Å². The van der Waals surface area contributed by atoms with Gasteiger partial charge < -0.3 is 20.2 Å². The summed E-state index contributed by atoms with van der Waals surface area (Å²) in [7, 11) is 0. The molecule has 32 heavy (non-hydrogen) atoms. The van der Waals surface area contributed by atoms with Crippen molar-refractivity contribution in [2.24, 2.45) is 0 Å². The number of amides is 1. The summed E-state index contributed by atoms with van der Waals surface area (Å²) in [6.45, 7) is 7.37. The zero-order valence-electron chi connectivity index (χ0n) is 18.3. The maximum Gasteiger partial charge on any atom is 0.225 e. The maximum absolute atomic E-state index is 12.3. The Morgan fingerprint density at radius 2 is 2.22 bits per heavy atom. The van der Waals surface area contributed by atoms with E-state index >= 15 is 0 Å². The molecule has 2 N–H and O–H groups in total. The molecule has 2 aliphatic rings. The van der Waals surface area contributed by atoms with Crippen molar-refractivity contribution in [2.45, 2.75) is 38.1 Å². The number of hydrogen-bond donors (Lipinski definition) is 2. The van der Waals surface area contributed by atoms with Crippen molar-refractivity contribution in [1.29, 1.82) is 5.26 Å². The number of aromatic nitrogens is 2. The van der Waals surface area contributed by atoms with Gasteiger partial charge in [0.15, 0.2) is 0 Å². The summed E-state index contributed by atoms with van der Waals surface area (Å²) in [4.78, 5) is 25.4. The molecule has 2 aromatic heterocycles. The SMILES string of the molecule is C=Cc1cc(Nc2cc(C#N)c(N3CCN(C(=O)CCO)[C@H](C)C3)nc2C2CC2)ccn1. The lowest BCUT2D eigenvalue weighted by atomic mass is 10.1. The Labute approximate surface area is 188 Å². The predicted molar refractivity (Wildman–Crippen MR) is 124 cm³/mol. The van der Waals surface area contributed by atoms with Gasteiger partial charge in [-0.2, -0.15) is 5.26 Å². The van der Waals surface area contributed by atoms with Gasteiger partial charge in [0.1, 0.15) is 11.9 Å². The maximum atomic E-state index is 12.3. The number of aliphatic hydroxyl groups excluding tert-OH is 1. The van der Waals surface area contributed by atoms with Crippen LogP contribution in [0.4, 0.5) is 17.2 Å². The molecule has 0 bridgehead atoms. The lowest BCUT2D eigenvalue weighted by Crippen LogP contribution is -2.54. The van der Waals surface area contributed by atoms with E-state index in [0.29, 0.717) is 36.9 Å². The van der Waals surface area contributed by atoms with Crippen LogP contribution < -0.4 is 10.2 Å². The zero-order valence-corrected chi connectivity index (χ0v) is 18.3. The molecule has 8 heteroatoms. The van der Waals surface area contributed by atoms with Crippen LogP contribution in [0.2, 0.25) is 0 Å². The van der Waals surface area contributed by atoms with E-state index in [9.17, 15) is 10.1 Å². The van der Waals surface area contributed by atoms with Gasteiger partial charge in [0.2, 0.25) is 5.91 Å². The third-order valence-corrected chi connectivity index (χ3v) is 5.96. The monoisotopic (exact) mass is 432 g/mol. The molecule has 1 saturated carbocycles. The molecule has 2 aromatic rings. The lowest BCUT2D eigenvalue weighted by Gasteiger charge is -2.40. The van der Waals surface area contributed by atoms with Gasteiger partial charge in [-0.3, -0.25) is 9.78 Å². The summed E-state index contributed by atoms with van der Waals surface area (Å²) in [5.74, 6) is 1.03. The lowest BCUT2D eigenvalue weighted by molar-refractivity contribution is -0.134. The van der Waals surface area contributed by atoms with Crippen LogP contribution in [0.3, 0.4) is 0 Å². The van der Waals surface area contributed by atoms with E-state index in [4.69, 9.17) is 10.1 Å². The van der Waals surface area contributed by atoms with Crippen LogP contribution in [0.15, 0.2) is 31.0 Å². The van der Waals surface area contributed by atoms with Crippen LogP contribution in [0.1, 0.15) is 49.1 Å². The number of nitriles is 1. The van der Waals surface area contributed by atoms with Gasteiger partial charge >= 0.3 is 0 Å². The van der Waals surface area contributed by atoms with Crippen LogP contribution >= 0.6 is 0 Å². The van der Waals surface area contributed by atoms with E-state index in [1.807, 2.05) is 25.1 Å². The molecule has 1 aliphatic heterocycles. The number of nitrogens with one attached hydrogen (secondary N) is 1. The molecule has 1 amide bonds. The second kappa shape index (κ2) is 9.37. The number of pyridine rings is 2. The molecule has 3 heterocycles. The molecule has 0 unspecified atom stereocenters. The highest BCUT2D eigenvalue weighted by molar-refractivity contribution is 5.77. The van der Waals surface area contributed by atoms with Gasteiger partial charge in [-0.1, -0.05) is 6.58 Å². The van der Waals surface area contributed by atoms with Crippen LogP contribution in [0, 0.1) is 11.3 Å². The molecule has 0 spiro atoms. The normalized spacial score (nSPS) is 18.2. The number of rotatable bonds is 7. The van der Waals surface area contributed by atoms with Gasteiger partial charge in [0.25, 0.3) is 0 Å². The van der Waals surface area contributed by atoms with Crippen molar-refractivity contribution in [3.05, 3.63) is 47.9 Å². The smallest absolute Gasteiger partial charge is 0.225 e. The second-order valence-corrected chi connectivity index (χ2v) is 8.33. The fourth-order valence-corrected chi connectivity index (χ4v) is 4.16. The number of aliphatic hydroxyl groups is 1. The summed E-state index contributed by atoms with van der Waals surface area (Å²) in [5.41, 5.74) is 3.98. The minimum Gasteiger partial charge on any atom is -0.396 e. The number of anilines is 3. The first-order valence-electron chi connectivity index (χ1n) is 11.0. The molecule has 1 saturated heterocycles. The van der Waals surface area contributed by atoms with Crippen LogP contribution in [-0.2, 0) is 4.79 Å². The topological polar surface area (TPSA) is 105 Å². The van der Waals surface area contributed by atoms with Crippen molar-refractivity contribution in [3.8, 4) is 6.07 Å². The molecule has 4 rings (SSSR count). The first-order valence-corrected chi connectivity index (χ1v) is 11.0. The van der Waals surface area contributed by atoms with Gasteiger partial charge in [-0.25, -0.2) is 4.98 Å². The number of carbonyl (C=O) groups excluding carboxylic acids is 1. The quantitative estimate of drug-likeness (QED) is 0.693. The Kier molecular flexibility index (Phi) is 6.37. The molecule has 2 fully saturated rings. The fraction of sp³-hybridized carbons (Fsp3) is 0.417. The van der Waals surface area contributed by atoms with Crippen molar-refractivity contribution < 1.29 is 9.90 Å². The van der Waals surface area contributed by atoms with E-state index in [-0.39, 0.29) is 25.0 Å². The molecule has 1 atom stereocenters. The van der Waals surface area contributed by atoms with Crippen LogP contribution in [0.5, 0.6) is 0 Å². The van der Waals surface area contributed by atoms with E-state index in [1.54, 1.807) is 17.2 Å². The highest BCUT2D eigenvalue weighted by Gasteiger charge is 2.32. The van der Waals surface area contributed by atoms with Crippen molar-refractivity contribution in [1.82, 2.24) is 14.9 Å². The zero-order chi connectivity index (χ0) is 22.7. The third-order valence-electron chi connectivity index (χ3n) is 5.96. The number of nitrogens with zero attached hydrogens (tertiary/aromatic N) is 5. The first-order chi connectivity index (χ1) is 15.5. The van der Waals surface area contributed by atoms with Gasteiger partial charge in [0.05, 0.1) is 29.2 Å². The summed E-state index contributed by atoms with van der Waals surface area (Å²) in [6, 6.07) is 7.97. The molecular formula is C24H28N6O2. The summed E-state index contributed by atoms with van der Waals surface area (Å²) < 4.78 is 0. The standard InChI is InChI=1S/C24H28N6O2/c1-3-19-13-20(6-8-26-19)27-21-12-18(14-25)24(28-23(21)17-4-5-17)29-9-10-30(16(2)15-29)22(32)7-11-31/h3,6,8,12-13,16-17,31H,1,4-5,7,9-11,15H2,2H3,(H,26,27)/t16-/m1/s1. The highest BCUT2D eigenvalue weighted by Crippen LogP contribution is 2.44. The highest BCUT2D eigenvalue weighted by atomic mass is 16.3. The minimum atomic E-state index is -0.142. The van der Waals surface area contributed by atoms with E-state index in [0.717, 1.165) is 35.6 Å². The first kappa shape index (κ1) is 21.8. The Morgan fingerprint density at radius 3 is 2.88 bits per heavy atom. The average molecular weight is 433 g/mol. The van der Waals surface area contributed by atoms with E-state index in [1.165, 1.54) is 0 Å². The molecule has 166 valence electrons. The number of hydrogen-bond acceptors (Lipinski definition) is 7. The number of piperazine rings is 1. The number of carbonyl (C=O) groups is 1. The average Bonchev–Trinajstić information content (AvgIpc) is 3.64. The van der Waals surface area contributed by atoms with Crippen molar-refractivity contribution in [2.75, 3.05) is 36.5 Å². The summed E-state index contributed by atoms with van der Waals surface area (Å²) in [5, 5.41) is 22.4.